The van der Waals surface area contributed by atoms with E-state index in [1.807, 2.05) is 0 Å². The fraction of sp³-hybridized carbons (Fsp3) is 0.478. The van der Waals surface area contributed by atoms with Crippen LogP contribution in [-0.2, 0) is 0 Å². The predicted molar refractivity (Wildman–Crippen MR) is 112 cm³/mol. The van der Waals surface area contributed by atoms with E-state index in [-0.39, 0.29) is 0 Å². The molecular formula is C23H34N2. The molecule has 0 aliphatic rings. The third-order valence-corrected chi connectivity index (χ3v) is 4.97. The second-order valence-electron chi connectivity index (χ2n) is 7.37. The maximum absolute atomic E-state index is 2.31. The van der Waals surface area contributed by atoms with Crippen molar-refractivity contribution in [1.29, 1.82) is 0 Å². The second-order valence-corrected chi connectivity index (χ2v) is 7.37. The molecule has 0 heterocycles. The molecular weight excluding hydrogens is 304 g/mol. The summed E-state index contributed by atoms with van der Waals surface area (Å²) in [7, 11) is 8.38. The van der Waals surface area contributed by atoms with Gasteiger partial charge in [0.2, 0.25) is 0 Å². The molecule has 0 N–H and O–H groups in total. The SMILES string of the molecule is CCCCCCC(c1ccc(N(C)C)cc1)c1ccc(N(C)C)cc1. The number of nitrogens with zero attached hydrogens (tertiary/aromatic N) is 2. The van der Waals surface area contributed by atoms with Crippen LogP contribution in [0.4, 0.5) is 11.4 Å². The van der Waals surface area contributed by atoms with E-state index in [0.29, 0.717) is 5.92 Å². The Labute approximate surface area is 154 Å². The van der Waals surface area contributed by atoms with Crippen LogP contribution in [0.1, 0.15) is 56.1 Å². The first-order valence-corrected chi connectivity index (χ1v) is 9.57. The lowest BCUT2D eigenvalue weighted by molar-refractivity contribution is 0.596. The minimum absolute atomic E-state index is 0.490. The molecule has 0 amide bonds. The molecule has 2 nitrogen and oxygen atoms in total. The highest BCUT2D eigenvalue weighted by atomic mass is 15.1. The van der Waals surface area contributed by atoms with Gasteiger partial charge in [-0.2, -0.15) is 0 Å². The van der Waals surface area contributed by atoms with Crippen LogP contribution in [0.5, 0.6) is 0 Å². The van der Waals surface area contributed by atoms with E-state index >= 15 is 0 Å². The summed E-state index contributed by atoms with van der Waals surface area (Å²) in [5, 5.41) is 0. The number of benzene rings is 2. The van der Waals surface area contributed by atoms with Crippen molar-refractivity contribution in [2.24, 2.45) is 0 Å². The fourth-order valence-electron chi connectivity index (χ4n) is 3.31. The van der Waals surface area contributed by atoms with Crippen LogP contribution < -0.4 is 9.80 Å². The number of hydrogen-bond donors (Lipinski definition) is 0. The summed E-state index contributed by atoms with van der Waals surface area (Å²) < 4.78 is 0. The van der Waals surface area contributed by atoms with E-state index in [4.69, 9.17) is 0 Å². The van der Waals surface area contributed by atoms with Gasteiger partial charge in [0, 0.05) is 45.5 Å². The molecule has 0 saturated carbocycles. The van der Waals surface area contributed by atoms with Crippen molar-refractivity contribution in [1.82, 2.24) is 0 Å². The number of unbranched alkanes of at least 4 members (excludes halogenated alkanes) is 3. The lowest BCUT2D eigenvalue weighted by Gasteiger charge is -2.21. The third kappa shape index (κ3) is 5.52. The van der Waals surface area contributed by atoms with E-state index in [9.17, 15) is 0 Å². The Bertz CT molecular complexity index is 560. The smallest absolute Gasteiger partial charge is 0.0361 e. The van der Waals surface area contributed by atoms with Crippen molar-refractivity contribution in [2.75, 3.05) is 38.0 Å². The molecule has 0 fully saturated rings. The Hall–Kier alpha value is -1.96. The lowest BCUT2D eigenvalue weighted by Crippen LogP contribution is -2.10. The maximum atomic E-state index is 2.31. The number of hydrogen-bond acceptors (Lipinski definition) is 2. The number of rotatable bonds is 9. The summed E-state index contributed by atoms with van der Waals surface area (Å²) in [5.74, 6) is 0.490. The molecule has 2 heteroatoms. The normalized spacial score (nSPS) is 11.0. The van der Waals surface area contributed by atoms with E-state index in [0.717, 1.165) is 0 Å². The summed E-state index contributed by atoms with van der Waals surface area (Å²) >= 11 is 0. The van der Waals surface area contributed by atoms with Gasteiger partial charge >= 0.3 is 0 Å². The van der Waals surface area contributed by atoms with Gasteiger partial charge in [0.1, 0.15) is 0 Å². The highest BCUT2D eigenvalue weighted by molar-refractivity contribution is 5.50. The Morgan fingerprint density at radius 3 is 1.44 bits per heavy atom. The summed E-state index contributed by atoms with van der Waals surface area (Å²) in [6.45, 7) is 2.28. The fourth-order valence-corrected chi connectivity index (χ4v) is 3.31. The molecule has 0 aromatic heterocycles. The summed E-state index contributed by atoms with van der Waals surface area (Å²) in [4.78, 5) is 4.32. The van der Waals surface area contributed by atoms with Crippen LogP contribution in [0.25, 0.3) is 0 Å². The van der Waals surface area contributed by atoms with Crippen LogP contribution in [0, 0.1) is 0 Å². The Balaban J connectivity index is 2.22. The molecule has 0 bridgehead atoms. The van der Waals surface area contributed by atoms with Crippen molar-refractivity contribution in [3.8, 4) is 0 Å². The molecule has 136 valence electrons. The first-order valence-electron chi connectivity index (χ1n) is 9.57. The highest BCUT2D eigenvalue weighted by Crippen LogP contribution is 2.32. The van der Waals surface area contributed by atoms with Crippen LogP contribution in [0.3, 0.4) is 0 Å². The molecule has 0 aliphatic carbocycles. The summed E-state index contributed by atoms with van der Waals surface area (Å²) in [6.07, 6.45) is 6.48. The first kappa shape index (κ1) is 19.4. The minimum atomic E-state index is 0.490. The van der Waals surface area contributed by atoms with Crippen molar-refractivity contribution >= 4 is 11.4 Å². The topological polar surface area (TPSA) is 6.48 Å². The zero-order valence-corrected chi connectivity index (χ0v) is 16.6. The minimum Gasteiger partial charge on any atom is -0.378 e. The summed E-state index contributed by atoms with van der Waals surface area (Å²) in [5.41, 5.74) is 5.38. The maximum Gasteiger partial charge on any atom is 0.0361 e. The standard InChI is InChI=1S/C23H34N2/c1-6-7-8-9-10-23(19-11-15-21(16-12-19)24(2)3)20-13-17-22(18-14-20)25(4)5/h11-18,23H,6-10H2,1-5H3. The van der Waals surface area contributed by atoms with Gasteiger partial charge in [-0.15, -0.1) is 0 Å². The molecule has 0 spiro atoms. The van der Waals surface area contributed by atoms with Crippen molar-refractivity contribution in [3.05, 3.63) is 59.7 Å². The van der Waals surface area contributed by atoms with Gasteiger partial charge < -0.3 is 9.80 Å². The van der Waals surface area contributed by atoms with Crippen LogP contribution >= 0.6 is 0 Å². The molecule has 0 atom stereocenters. The predicted octanol–water partition coefficient (Wildman–Crippen LogP) is 5.92. The molecule has 0 radical (unpaired) electrons. The van der Waals surface area contributed by atoms with Gasteiger partial charge in [-0.25, -0.2) is 0 Å². The molecule has 2 aromatic carbocycles. The molecule has 2 rings (SSSR count). The molecule has 0 aliphatic heterocycles. The van der Waals surface area contributed by atoms with Crippen molar-refractivity contribution in [2.45, 2.75) is 44.9 Å². The largest absolute Gasteiger partial charge is 0.378 e. The molecule has 25 heavy (non-hydrogen) atoms. The van der Waals surface area contributed by atoms with Crippen LogP contribution in [-0.4, -0.2) is 28.2 Å². The van der Waals surface area contributed by atoms with Crippen LogP contribution in [0.2, 0.25) is 0 Å². The van der Waals surface area contributed by atoms with Crippen molar-refractivity contribution < 1.29 is 0 Å². The lowest BCUT2D eigenvalue weighted by atomic mass is 9.86. The average molecular weight is 339 g/mol. The summed E-state index contributed by atoms with van der Waals surface area (Å²) in [6, 6.07) is 18.2. The first-order chi connectivity index (χ1) is 12.0. The van der Waals surface area contributed by atoms with Gasteiger partial charge in [-0.3, -0.25) is 0 Å². The quantitative estimate of drug-likeness (QED) is 0.524. The Morgan fingerprint density at radius 1 is 0.640 bits per heavy atom. The number of anilines is 2. The Kier molecular flexibility index (Phi) is 7.36. The molecule has 0 saturated heterocycles. The van der Waals surface area contributed by atoms with Gasteiger partial charge in [0.05, 0.1) is 0 Å². The third-order valence-electron chi connectivity index (χ3n) is 4.97. The zero-order valence-electron chi connectivity index (χ0n) is 16.6. The highest BCUT2D eigenvalue weighted by Gasteiger charge is 2.14. The van der Waals surface area contributed by atoms with E-state index in [1.165, 1.54) is 54.6 Å². The molecule has 0 unspecified atom stereocenters. The van der Waals surface area contributed by atoms with E-state index in [1.54, 1.807) is 0 Å². The van der Waals surface area contributed by atoms with Gasteiger partial charge in [-0.1, -0.05) is 56.9 Å². The Morgan fingerprint density at radius 2 is 1.08 bits per heavy atom. The monoisotopic (exact) mass is 338 g/mol. The van der Waals surface area contributed by atoms with Gasteiger partial charge in [-0.05, 0) is 41.8 Å². The second kappa shape index (κ2) is 9.50. The van der Waals surface area contributed by atoms with Crippen molar-refractivity contribution in [3.63, 3.8) is 0 Å². The zero-order chi connectivity index (χ0) is 18.2. The van der Waals surface area contributed by atoms with E-state index < -0.39 is 0 Å². The van der Waals surface area contributed by atoms with Gasteiger partial charge in [0.25, 0.3) is 0 Å². The van der Waals surface area contributed by atoms with E-state index in [2.05, 4.69) is 93.4 Å². The van der Waals surface area contributed by atoms with Gasteiger partial charge in [0.15, 0.2) is 0 Å². The molecule has 2 aromatic rings. The average Bonchev–Trinajstić information content (AvgIpc) is 2.62. The van der Waals surface area contributed by atoms with Crippen LogP contribution in [0.15, 0.2) is 48.5 Å².